The standard InChI is InChI=1S/C13H16Cl3NO4S2/c1-3-4-11-12(13(14,15)16)17(23(11,20)21)22(18,19)10-7-5-9(2)6-8-10/h5-8,11-12H,3-4H2,1-2H3/t11-,12-/m1/s1. The van der Waals surface area contributed by atoms with Gasteiger partial charge in [-0.1, -0.05) is 69.6 Å². The highest BCUT2D eigenvalue weighted by molar-refractivity contribution is 8.05. The molecular weight excluding hydrogens is 405 g/mol. The van der Waals surface area contributed by atoms with E-state index in [0.29, 0.717) is 10.1 Å². The van der Waals surface area contributed by atoms with Crippen LogP contribution in [-0.4, -0.2) is 35.6 Å². The Balaban J connectivity index is 2.53. The number of rotatable bonds is 4. The molecule has 0 aromatic heterocycles. The monoisotopic (exact) mass is 419 g/mol. The zero-order chi connectivity index (χ0) is 17.6. The molecule has 0 N–H and O–H groups in total. The molecule has 1 fully saturated rings. The van der Waals surface area contributed by atoms with E-state index in [2.05, 4.69) is 0 Å². The van der Waals surface area contributed by atoms with Crippen LogP contribution in [-0.2, 0) is 20.0 Å². The van der Waals surface area contributed by atoms with Crippen molar-refractivity contribution in [1.82, 2.24) is 3.71 Å². The van der Waals surface area contributed by atoms with E-state index in [0.717, 1.165) is 5.56 Å². The Morgan fingerprint density at radius 1 is 1.17 bits per heavy atom. The summed E-state index contributed by atoms with van der Waals surface area (Å²) < 4.78 is 48.7. The molecule has 23 heavy (non-hydrogen) atoms. The van der Waals surface area contributed by atoms with Crippen molar-refractivity contribution in [3.05, 3.63) is 29.8 Å². The summed E-state index contributed by atoms with van der Waals surface area (Å²) in [5, 5.41) is -1.03. The van der Waals surface area contributed by atoms with Crippen molar-refractivity contribution < 1.29 is 16.8 Å². The van der Waals surface area contributed by atoms with Crippen molar-refractivity contribution in [3.63, 3.8) is 0 Å². The highest BCUT2D eigenvalue weighted by Crippen LogP contribution is 2.49. The third-order valence-electron chi connectivity index (χ3n) is 3.68. The predicted octanol–water partition coefficient (Wildman–Crippen LogP) is 3.24. The van der Waals surface area contributed by atoms with Crippen LogP contribution in [0.2, 0.25) is 0 Å². The van der Waals surface area contributed by atoms with Crippen molar-refractivity contribution in [1.29, 1.82) is 0 Å². The van der Waals surface area contributed by atoms with Gasteiger partial charge in [0.15, 0.2) is 0 Å². The Kier molecular flexibility index (Phi) is 5.32. The van der Waals surface area contributed by atoms with Gasteiger partial charge in [-0.15, -0.1) is 0 Å². The number of benzene rings is 1. The van der Waals surface area contributed by atoms with Crippen LogP contribution in [0.3, 0.4) is 0 Å². The summed E-state index contributed by atoms with van der Waals surface area (Å²) in [5.74, 6) is 0. The number of nitrogens with zero attached hydrogens (tertiary/aromatic N) is 1. The van der Waals surface area contributed by atoms with Crippen LogP contribution in [0.15, 0.2) is 29.2 Å². The van der Waals surface area contributed by atoms with Crippen LogP contribution < -0.4 is 0 Å². The third-order valence-corrected chi connectivity index (χ3v) is 9.12. The quantitative estimate of drug-likeness (QED) is 0.701. The van der Waals surface area contributed by atoms with Crippen molar-refractivity contribution in [3.8, 4) is 0 Å². The van der Waals surface area contributed by atoms with Gasteiger partial charge in [0.05, 0.1) is 10.1 Å². The minimum absolute atomic E-state index is 0.152. The highest BCUT2D eigenvalue weighted by Gasteiger charge is 2.65. The van der Waals surface area contributed by atoms with Gasteiger partial charge in [0.2, 0.25) is 13.8 Å². The van der Waals surface area contributed by atoms with Gasteiger partial charge in [-0.25, -0.2) is 16.8 Å². The van der Waals surface area contributed by atoms with Crippen LogP contribution in [0.1, 0.15) is 25.3 Å². The second-order valence-corrected chi connectivity index (χ2v) is 11.8. The van der Waals surface area contributed by atoms with Gasteiger partial charge in [-0.3, -0.25) is 0 Å². The maximum absolute atomic E-state index is 12.7. The predicted molar refractivity (Wildman–Crippen MR) is 91.9 cm³/mol. The minimum Gasteiger partial charge on any atom is -0.211 e. The molecule has 0 radical (unpaired) electrons. The van der Waals surface area contributed by atoms with Crippen LogP contribution >= 0.6 is 34.8 Å². The minimum atomic E-state index is -4.32. The van der Waals surface area contributed by atoms with Gasteiger partial charge in [0.1, 0.15) is 6.04 Å². The lowest BCUT2D eigenvalue weighted by Gasteiger charge is -2.48. The number of halogens is 3. The lowest BCUT2D eigenvalue weighted by Crippen LogP contribution is -2.69. The molecule has 0 unspecified atom stereocenters. The van der Waals surface area contributed by atoms with E-state index in [1.165, 1.54) is 12.1 Å². The Morgan fingerprint density at radius 3 is 2.13 bits per heavy atom. The SMILES string of the molecule is CCC[C@@H]1[C@H](C(Cl)(Cl)Cl)N(S(=O)(=O)c2ccc(C)cc2)S1(=O)=O. The fourth-order valence-electron chi connectivity index (χ4n) is 2.55. The molecule has 2 atom stereocenters. The first kappa shape index (κ1) is 19.3. The molecule has 1 aliphatic heterocycles. The number of alkyl halides is 3. The van der Waals surface area contributed by atoms with E-state index in [9.17, 15) is 16.8 Å². The van der Waals surface area contributed by atoms with Gasteiger partial charge in [-0.05, 0) is 25.5 Å². The number of sulfonamides is 2. The van der Waals surface area contributed by atoms with Crippen LogP contribution in [0.5, 0.6) is 0 Å². The Bertz CT molecular complexity index is 786. The largest absolute Gasteiger partial charge is 0.256 e. The number of hydrogen-bond donors (Lipinski definition) is 0. The van der Waals surface area contributed by atoms with E-state index in [1.807, 2.05) is 0 Å². The van der Waals surface area contributed by atoms with Crippen LogP contribution in [0, 0.1) is 6.92 Å². The maximum Gasteiger partial charge on any atom is 0.256 e. The average molecular weight is 421 g/mol. The van der Waals surface area contributed by atoms with Gasteiger partial charge in [-0.2, -0.15) is 0 Å². The fraction of sp³-hybridized carbons (Fsp3) is 0.538. The summed E-state index contributed by atoms with van der Waals surface area (Å²) in [4.78, 5) is -0.152. The van der Waals surface area contributed by atoms with Gasteiger partial charge in [0.25, 0.3) is 10.0 Å². The molecule has 0 spiro atoms. The van der Waals surface area contributed by atoms with E-state index >= 15 is 0 Å². The van der Waals surface area contributed by atoms with Crippen LogP contribution in [0.4, 0.5) is 0 Å². The first-order chi connectivity index (χ1) is 10.4. The molecule has 0 saturated carbocycles. The molecule has 1 aromatic rings. The zero-order valence-corrected chi connectivity index (χ0v) is 16.3. The normalized spacial score (nSPS) is 25.1. The first-order valence-corrected chi connectivity index (χ1v) is 10.9. The summed E-state index contributed by atoms with van der Waals surface area (Å²) >= 11 is 17.6. The van der Waals surface area contributed by atoms with Gasteiger partial charge >= 0.3 is 0 Å². The van der Waals surface area contributed by atoms with Crippen molar-refractivity contribution in [2.24, 2.45) is 0 Å². The van der Waals surface area contributed by atoms with E-state index in [1.54, 1.807) is 26.0 Å². The first-order valence-electron chi connectivity index (χ1n) is 6.86. The van der Waals surface area contributed by atoms with E-state index in [4.69, 9.17) is 34.8 Å². The highest BCUT2D eigenvalue weighted by atomic mass is 35.6. The molecule has 130 valence electrons. The molecule has 5 nitrogen and oxygen atoms in total. The summed E-state index contributed by atoms with van der Waals surface area (Å²) in [5.41, 5.74) is 0.845. The molecule has 1 aliphatic rings. The molecule has 1 aromatic carbocycles. The molecule has 0 amide bonds. The topological polar surface area (TPSA) is 71.5 Å². The summed E-state index contributed by atoms with van der Waals surface area (Å²) in [6, 6.07) is 4.58. The lowest BCUT2D eigenvalue weighted by molar-refractivity contribution is 0.329. The summed E-state index contributed by atoms with van der Waals surface area (Å²) in [6.07, 6.45) is 0.750. The van der Waals surface area contributed by atoms with Crippen LogP contribution in [0.25, 0.3) is 0 Å². The van der Waals surface area contributed by atoms with E-state index in [-0.39, 0.29) is 11.3 Å². The molecule has 10 heteroatoms. The van der Waals surface area contributed by atoms with Crippen molar-refractivity contribution >= 4 is 54.8 Å². The number of aryl methyl sites for hydroxylation is 1. The molecular formula is C13H16Cl3NO4S2. The van der Waals surface area contributed by atoms with E-state index < -0.39 is 35.1 Å². The Morgan fingerprint density at radius 2 is 1.70 bits per heavy atom. The molecule has 1 heterocycles. The van der Waals surface area contributed by atoms with Gasteiger partial charge < -0.3 is 0 Å². The Labute approximate surface area is 151 Å². The molecule has 2 rings (SSSR count). The molecule has 1 saturated heterocycles. The summed E-state index contributed by atoms with van der Waals surface area (Å²) in [6.45, 7) is 3.57. The smallest absolute Gasteiger partial charge is 0.211 e. The Hall–Kier alpha value is -0.0500. The third kappa shape index (κ3) is 3.37. The summed E-state index contributed by atoms with van der Waals surface area (Å²) in [7, 11) is -8.40. The fourth-order valence-corrected chi connectivity index (χ4v) is 8.80. The van der Waals surface area contributed by atoms with Crippen molar-refractivity contribution in [2.45, 2.75) is 46.7 Å². The van der Waals surface area contributed by atoms with Crippen molar-refractivity contribution in [2.75, 3.05) is 0 Å². The molecule has 0 bridgehead atoms. The lowest BCUT2D eigenvalue weighted by atomic mass is 10.1. The molecule has 0 aliphatic carbocycles. The van der Waals surface area contributed by atoms with Gasteiger partial charge in [0, 0.05) is 0 Å². The second-order valence-electron chi connectivity index (χ2n) is 5.40. The zero-order valence-electron chi connectivity index (χ0n) is 12.4. The maximum atomic E-state index is 12.7. The number of hydrogen-bond acceptors (Lipinski definition) is 4. The average Bonchev–Trinajstić information content (AvgIpc) is 2.41. The second kappa shape index (κ2) is 6.35.